The number of allylic oxidation sites excluding steroid dienone is 2. The Balaban J connectivity index is 2.24. The molecule has 0 N–H and O–H groups in total. The van der Waals surface area contributed by atoms with Gasteiger partial charge in [0.1, 0.15) is 0 Å². The maximum Gasteiger partial charge on any atom is 0.00615 e. The van der Waals surface area contributed by atoms with Gasteiger partial charge in [0, 0.05) is 5.41 Å². The summed E-state index contributed by atoms with van der Waals surface area (Å²) in [6, 6.07) is 0. The Morgan fingerprint density at radius 3 is 2.20 bits per heavy atom. The van der Waals surface area contributed by atoms with Gasteiger partial charge in [0.15, 0.2) is 0 Å². The molecule has 0 fully saturated rings. The smallest absolute Gasteiger partial charge is 0.00615 e. The maximum absolute atomic E-state index is 2.36. The molecule has 0 heterocycles. The van der Waals surface area contributed by atoms with Gasteiger partial charge in [-0.25, -0.2) is 0 Å². The Morgan fingerprint density at radius 2 is 1.90 bits per heavy atom. The normalized spacial score (nSPS) is 22.7. The van der Waals surface area contributed by atoms with Gasteiger partial charge in [-0.3, -0.25) is 0 Å². The minimum atomic E-state index is 0.565. The molecular weight excluding hydrogens is 120 g/mol. The van der Waals surface area contributed by atoms with Crippen molar-refractivity contribution in [1.29, 1.82) is 0 Å². The van der Waals surface area contributed by atoms with Crippen molar-refractivity contribution in [2.24, 2.45) is 11.3 Å². The molecule has 0 spiro atoms. The van der Waals surface area contributed by atoms with Gasteiger partial charge in [0.2, 0.25) is 0 Å². The van der Waals surface area contributed by atoms with E-state index in [4.69, 9.17) is 0 Å². The molecule has 0 saturated carbocycles. The van der Waals surface area contributed by atoms with Crippen LogP contribution in [0, 0.1) is 11.3 Å². The van der Waals surface area contributed by atoms with E-state index in [1.54, 1.807) is 0 Å². The molecule has 1 aliphatic rings. The quantitative estimate of drug-likeness (QED) is 0.522. The van der Waals surface area contributed by atoms with Crippen LogP contribution in [-0.4, -0.2) is 0 Å². The molecule has 0 aromatic rings. The highest BCUT2D eigenvalue weighted by atomic mass is 14.4. The van der Waals surface area contributed by atoms with E-state index in [1.807, 2.05) is 0 Å². The van der Waals surface area contributed by atoms with E-state index in [9.17, 15) is 0 Å². The third-order valence-corrected chi connectivity index (χ3v) is 2.72. The summed E-state index contributed by atoms with van der Waals surface area (Å²) >= 11 is 0. The van der Waals surface area contributed by atoms with Crippen molar-refractivity contribution >= 4 is 0 Å². The zero-order chi connectivity index (χ0) is 7.61. The lowest BCUT2D eigenvalue weighted by atomic mass is 9.88. The van der Waals surface area contributed by atoms with Gasteiger partial charge in [-0.05, 0) is 18.8 Å². The molecule has 58 valence electrons. The van der Waals surface area contributed by atoms with Crippen LogP contribution in [0.3, 0.4) is 0 Å². The fourth-order valence-electron chi connectivity index (χ4n) is 1.43. The minimum Gasteiger partial charge on any atom is -0.0777 e. The van der Waals surface area contributed by atoms with E-state index in [-0.39, 0.29) is 0 Å². The second kappa shape index (κ2) is 2.77. The molecule has 0 aliphatic heterocycles. The monoisotopic (exact) mass is 138 g/mol. The molecule has 0 amide bonds. The fourth-order valence-corrected chi connectivity index (χ4v) is 1.43. The lowest BCUT2D eigenvalue weighted by Gasteiger charge is -2.17. The summed E-state index contributed by atoms with van der Waals surface area (Å²) < 4.78 is 0. The molecule has 0 heteroatoms. The Hall–Kier alpha value is -0.260. The van der Waals surface area contributed by atoms with Gasteiger partial charge in [0.05, 0.1) is 0 Å². The number of hydrogen-bond donors (Lipinski definition) is 0. The topological polar surface area (TPSA) is 0 Å². The first-order valence-corrected chi connectivity index (χ1v) is 4.43. The molecule has 0 aromatic heterocycles. The molecule has 0 saturated heterocycles. The average molecular weight is 138 g/mol. The van der Waals surface area contributed by atoms with Crippen LogP contribution in [0.2, 0.25) is 0 Å². The van der Waals surface area contributed by atoms with Gasteiger partial charge in [0.25, 0.3) is 0 Å². The largest absolute Gasteiger partial charge is 0.0777 e. The first-order chi connectivity index (χ1) is 4.72. The summed E-state index contributed by atoms with van der Waals surface area (Å²) in [4.78, 5) is 0. The van der Waals surface area contributed by atoms with Crippen LogP contribution in [0.25, 0.3) is 0 Å². The zero-order valence-corrected chi connectivity index (χ0v) is 7.35. The van der Waals surface area contributed by atoms with E-state index in [0.29, 0.717) is 5.41 Å². The highest BCUT2D eigenvalue weighted by Gasteiger charge is 2.32. The van der Waals surface area contributed by atoms with E-state index < -0.39 is 0 Å². The maximum atomic E-state index is 2.36. The van der Waals surface area contributed by atoms with Gasteiger partial charge in [-0.15, -0.1) is 0 Å². The van der Waals surface area contributed by atoms with E-state index in [1.165, 1.54) is 19.3 Å². The van der Waals surface area contributed by atoms with Gasteiger partial charge in [-0.1, -0.05) is 39.3 Å². The molecular formula is C10H18. The second-order valence-corrected chi connectivity index (χ2v) is 3.64. The molecule has 1 rings (SSSR count). The standard InChI is InChI=1S/C10H18/c1-4-9(3)8-10(5-2)6-7-10/h6-7,9H,4-5,8H2,1-3H3. The van der Waals surface area contributed by atoms with Crippen LogP contribution in [0.1, 0.15) is 40.0 Å². The Morgan fingerprint density at radius 1 is 1.30 bits per heavy atom. The predicted octanol–water partition coefficient (Wildman–Crippen LogP) is 3.39. The molecule has 0 bridgehead atoms. The fraction of sp³-hybridized carbons (Fsp3) is 0.800. The van der Waals surface area contributed by atoms with Crippen molar-refractivity contribution in [1.82, 2.24) is 0 Å². The van der Waals surface area contributed by atoms with E-state index >= 15 is 0 Å². The van der Waals surface area contributed by atoms with E-state index in [0.717, 1.165) is 5.92 Å². The molecule has 0 radical (unpaired) electrons. The summed E-state index contributed by atoms with van der Waals surface area (Å²) in [6.45, 7) is 6.90. The van der Waals surface area contributed by atoms with Crippen molar-refractivity contribution in [3.05, 3.63) is 12.2 Å². The van der Waals surface area contributed by atoms with Gasteiger partial charge >= 0.3 is 0 Å². The third kappa shape index (κ3) is 1.62. The third-order valence-electron chi connectivity index (χ3n) is 2.72. The first-order valence-electron chi connectivity index (χ1n) is 4.43. The number of rotatable bonds is 4. The second-order valence-electron chi connectivity index (χ2n) is 3.64. The Bertz CT molecular complexity index is 127. The van der Waals surface area contributed by atoms with Gasteiger partial charge in [-0.2, -0.15) is 0 Å². The molecule has 10 heavy (non-hydrogen) atoms. The lowest BCUT2D eigenvalue weighted by molar-refractivity contribution is 0.386. The van der Waals surface area contributed by atoms with E-state index in [2.05, 4.69) is 32.9 Å². The van der Waals surface area contributed by atoms with Crippen molar-refractivity contribution in [3.8, 4) is 0 Å². The molecule has 0 nitrogen and oxygen atoms in total. The molecule has 1 unspecified atom stereocenters. The summed E-state index contributed by atoms with van der Waals surface area (Å²) in [5.74, 6) is 0.898. The van der Waals surface area contributed by atoms with Crippen LogP contribution in [-0.2, 0) is 0 Å². The highest BCUT2D eigenvalue weighted by molar-refractivity contribution is 5.25. The van der Waals surface area contributed by atoms with Crippen LogP contribution < -0.4 is 0 Å². The van der Waals surface area contributed by atoms with Crippen molar-refractivity contribution in [3.63, 3.8) is 0 Å². The minimum absolute atomic E-state index is 0.565. The van der Waals surface area contributed by atoms with Crippen molar-refractivity contribution in [2.75, 3.05) is 0 Å². The summed E-state index contributed by atoms with van der Waals surface area (Å²) in [5.41, 5.74) is 0.565. The average Bonchev–Trinajstić information content (AvgIpc) is 2.70. The van der Waals surface area contributed by atoms with Crippen molar-refractivity contribution in [2.45, 2.75) is 40.0 Å². The van der Waals surface area contributed by atoms with Gasteiger partial charge < -0.3 is 0 Å². The highest BCUT2D eigenvalue weighted by Crippen LogP contribution is 2.44. The molecule has 1 atom stereocenters. The number of hydrogen-bond acceptors (Lipinski definition) is 0. The first kappa shape index (κ1) is 7.84. The lowest BCUT2D eigenvalue weighted by Crippen LogP contribution is -2.06. The predicted molar refractivity (Wildman–Crippen MR) is 45.9 cm³/mol. The van der Waals surface area contributed by atoms with Crippen LogP contribution in [0.5, 0.6) is 0 Å². The summed E-state index contributed by atoms with van der Waals surface area (Å²) in [5, 5.41) is 0. The van der Waals surface area contributed by atoms with Crippen molar-refractivity contribution < 1.29 is 0 Å². The SMILES string of the molecule is CCC(C)CC1(CC)C=C1. The Labute approximate surface area is 64.3 Å². The van der Waals surface area contributed by atoms with Crippen LogP contribution >= 0.6 is 0 Å². The molecule has 1 aliphatic carbocycles. The Kier molecular flexibility index (Phi) is 2.18. The zero-order valence-electron chi connectivity index (χ0n) is 7.35. The summed E-state index contributed by atoms with van der Waals surface area (Å²) in [6.07, 6.45) is 8.72. The summed E-state index contributed by atoms with van der Waals surface area (Å²) in [7, 11) is 0. The van der Waals surface area contributed by atoms with Crippen LogP contribution in [0.4, 0.5) is 0 Å². The van der Waals surface area contributed by atoms with Crippen LogP contribution in [0.15, 0.2) is 12.2 Å². The molecule has 0 aromatic carbocycles.